The molecule has 0 aliphatic carbocycles. The van der Waals surface area contributed by atoms with Crippen LogP contribution in [0.25, 0.3) is 10.2 Å². The van der Waals surface area contributed by atoms with Crippen LogP contribution in [0.2, 0.25) is 0 Å². The molecule has 2 heterocycles. The van der Waals surface area contributed by atoms with Gasteiger partial charge in [0.15, 0.2) is 5.13 Å². The second kappa shape index (κ2) is 5.88. The van der Waals surface area contributed by atoms with E-state index < -0.39 is 0 Å². The Balaban J connectivity index is 1.72. The summed E-state index contributed by atoms with van der Waals surface area (Å²) >= 11 is 1.58. The Morgan fingerprint density at radius 2 is 1.84 bits per heavy atom. The Morgan fingerprint density at radius 3 is 2.63 bits per heavy atom. The molecule has 4 heteroatoms. The molecule has 3 nitrogen and oxygen atoms in total. The minimum absolute atomic E-state index is 0.665. The van der Waals surface area contributed by atoms with E-state index in [9.17, 15) is 0 Å². The molecule has 0 amide bonds. The molecule has 1 aliphatic rings. The molecule has 0 unspecified atom stereocenters. The summed E-state index contributed by atoms with van der Waals surface area (Å²) in [6.07, 6.45) is 6.88. The van der Waals surface area contributed by atoms with Gasteiger partial charge in [-0.3, -0.25) is 4.90 Å². The Bertz CT molecular complexity index is 541. The number of anilines is 1. The summed E-state index contributed by atoms with van der Waals surface area (Å²) in [6.45, 7) is 3.54. The Morgan fingerprint density at radius 1 is 1.11 bits per heavy atom. The minimum Gasteiger partial charge on any atom is -0.375 e. The molecule has 1 aromatic carbocycles. The van der Waals surface area contributed by atoms with Crippen LogP contribution < -0.4 is 5.73 Å². The number of fused-ring (bicyclic) bond motifs is 1. The highest BCUT2D eigenvalue weighted by molar-refractivity contribution is 7.22. The van der Waals surface area contributed by atoms with Crippen LogP contribution in [0.15, 0.2) is 18.2 Å². The SMILES string of the molecule is Nc1nc2ccc(CN3CCCCCCC3)cc2s1. The lowest BCUT2D eigenvalue weighted by molar-refractivity contribution is 0.240. The van der Waals surface area contributed by atoms with Gasteiger partial charge in [-0.05, 0) is 43.6 Å². The van der Waals surface area contributed by atoms with Gasteiger partial charge < -0.3 is 5.73 Å². The minimum atomic E-state index is 0.665. The van der Waals surface area contributed by atoms with Gasteiger partial charge in [0.2, 0.25) is 0 Å². The van der Waals surface area contributed by atoms with Crippen LogP contribution in [0, 0.1) is 0 Å². The van der Waals surface area contributed by atoms with Crippen molar-refractivity contribution >= 4 is 26.7 Å². The molecule has 0 atom stereocenters. The summed E-state index contributed by atoms with van der Waals surface area (Å²) in [5.74, 6) is 0. The van der Waals surface area contributed by atoms with Gasteiger partial charge in [-0.15, -0.1) is 0 Å². The van der Waals surface area contributed by atoms with E-state index in [0.717, 1.165) is 12.1 Å². The number of hydrogen-bond donors (Lipinski definition) is 1. The first-order chi connectivity index (χ1) is 9.31. The summed E-state index contributed by atoms with van der Waals surface area (Å²) in [6, 6.07) is 6.55. The van der Waals surface area contributed by atoms with Crippen molar-refractivity contribution in [1.29, 1.82) is 0 Å². The Hall–Kier alpha value is -1.13. The molecule has 1 aliphatic heterocycles. The second-order valence-corrected chi connectivity index (χ2v) is 6.46. The number of hydrogen-bond acceptors (Lipinski definition) is 4. The summed E-state index contributed by atoms with van der Waals surface area (Å²) in [4.78, 5) is 6.90. The average Bonchev–Trinajstić information content (AvgIpc) is 2.72. The van der Waals surface area contributed by atoms with Gasteiger partial charge in [0, 0.05) is 6.54 Å². The number of benzene rings is 1. The summed E-state index contributed by atoms with van der Waals surface area (Å²) in [5.41, 5.74) is 8.17. The third-order valence-electron chi connectivity index (χ3n) is 3.82. The number of thiazole rings is 1. The molecule has 0 spiro atoms. The lowest BCUT2D eigenvalue weighted by atomic mass is 10.1. The van der Waals surface area contributed by atoms with Crippen LogP contribution in [0.5, 0.6) is 0 Å². The van der Waals surface area contributed by atoms with Gasteiger partial charge in [0.25, 0.3) is 0 Å². The zero-order chi connectivity index (χ0) is 13.1. The van der Waals surface area contributed by atoms with Gasteiger partial charge in [-0.1, -0.05) is 36.7 Å². The van der Waals surface area contributed by atoms with Crippen molar-refractivity contribution in [3.63, 3.8) is 0 Å². The molecule has 19 heavy (non-hydrogen) atoms. The van der Waals surface area contributed by atoms with E-state index in [0.29, 0.717) is 5.13 Å². The van der Waals surface area contributed by atoms with Crippen LogP contribution in [-0.2, 0) is 6.54 Å². The van der Waals surface area contributed by atoms with E-state index >= 15 is 0 Å². The van der Waals surface area contributed by atoms with Gasteiger partial charge in [0.05, 0.1) is 10.2 Å². The lowest BCUT2D eigenvalue weighted by Crippen LogP contribution is -2.26. The van der Waals surface area contributed by atoms with E-state index in [1.165, 1.54) is 55.5 Å². The highest BCUT2D eigenvalue weighted by atomic mass is 32.1. The molecule has 2 N–H and O–H groups in total. The molecule has 1 saturated heterocycles. The number of nitrogens with zero attached hydrogens (tertiary/aromatic N) is 2. The highest BCUT2D eigenvalue weighted by Gasteiger charge is 2.09. The van der Waals surface area contributed by atoms with Crippen LogP contribution in [-0.4, -0.2) is 23.0 Å². The second-order valence-electron chi connectivity index (χ2n) is 5.40. The van der Waals surface area contributed by atoms with Crippen molar-refractivity contribution in [3.8, 4) is 0 Å². The normalized spacial score (nSPS) is 18.3. The predicted molar refractivity (Wildman–Crippen MR) is 82.4 cm³/mol. The molecular formula is C15H21N3S. The fourth-order valence-corrected chi connectivity index (χ4v) is 3.61. The number of likely N-dealkylation sites (tertiary alicyclic amines) is 1. The van der Waals surface area contributed by atoms with E-state index in [4.69, 9.17) is 5.73 Å². The van der Waals surface area contributed by atoms with Crippen molar-refractivity contribution in [2.24, 2.45) is 0 Å². The van der Waals surface area contributed by atoms with Crippen molar-refractivity contribution in [2.75, 3.05) is 18.8 Å². The fraction of sp³-hybridized carbons (Fsp3) is 0.533. The van der Waals surface area contributed by atoms with E-state index in [2.05, 4.69) is 28.1 Å². The molecule has 1 aromatic heterocycles. The van der Waals surface area contributed by atoms with Gasteiger partial charge in [0.1, 0.15) is 0 Å². The van der Waals surface area contributed by atoms with Crippen molar-refractivity contribution in [2.45, 2.75) is 38.6 Å². The quantitative estimate of drug-likeness (QED) is 0.909. The maximum atomic E-state index is 5.76. The van der Waals surface area contributed by atoms with Crippen LogP contribution in [0.3, 0.4) is 0 Å². The number of aromatic nitrogens is 1. The first kappa shape index (κ1) is 12.9. The van der Waals surface area contributed by atoms with Crippen molar-refractivity contribution in [3.05, 3.63) is 23.8 Å². The zero-order valence-electron chi connectivity index (χ0n) is 11.3. The van der Waals surface area contributed by atoms with Crippen LogP contribution in [0.4, 0.5) is 5.13 Å². The van der Waals surface area contributed by atoms with Crippen molar-refractivity contribution < 1.29 is 0 Å². The number of nitrogens with two attached hydrogens (primary N) is 1. The molecule has 102 valence electrons. The first-order valence-electron chi connectivity index (χ1n) is 7.18. The van der Waals surface area contributed by atoms with E-state index in [1.807, 2.05) is 0 Å². The molecule has 3 rings (SSSR count). The van der Waals surface area contributed by atoms with Crippen molar-refractivity contribution in [1.82, 2.24) is 9.88 Å². The summed E-state index contributed by atoms with van der Waals surface area (Å²) in [7, 11) is 0. The largest absolute Gasteiger partial charge is 0.375 e. The summed E-state index contributed by atoms with van der Waals surface area (Å²) in [5, 5.41) is 0.665. The molecule has 0 radical (unpaired) electrons. The third-order valence-corrected chi connectivity index (χ3v) is 4.67. The number of rotatable bonds is 2. The predicted octanol–water partition coefficient (Wildman–Crippen LogP) is 3.64. The highest BCUT2D eigenvalue weighted by Crippen LogP contribution is 2.25. The standard InChI is InChI=1S/C15H21N3S/c16-15-17-13-7-6-12(10-14(13)19-15)11-18-8-4-2-1-3-5-9-18/h6-7,10H,1-5,8-9,11H2,(H2,16,17). The molecule has 2 aromatic rings. The van der Waals surface area contributed by atoms with E-state index in [-0.39, 0.29) is 0 Å². The smallest absolute Gasteiger partial charge is 0.181 e. The van der Waals surface area contributed by atoms with E-state index in [1.54, 1.807) is 11.3 Å². The average molecular weight is 275 g/mol. The third kappa shape index (κ3) is 3.25. The lowest BCUT2D eigenvalue weighted by Gasteiger charge is -2.24. The van der Waals surface area contributed by atoms with Crippen LogP contribution >= 0.6 is 11.3 Å². The maximum absolute atomic E-state index is 5.76. The molecular weight excluding hydrogens is 254 g/mol. The molecule has 0 bridgehead atoms. The Labute approximate surface area is 118 Å². The molecule has 1 fully saturated rings. The summed E-state index contributed by atoms with van der Waals surface area (Å²) < 4.78 is 1.21. The van der Waals surface area contributed by atoms with Gasteiger partial charge in [-0.2, -0.15) is 0 Å². The molecule has 0 saturated carbocycles. The number of nitrogen functional groups attached to an aromatic ring is 1. The monoisotopic (exact) mass is 275 g/mol. The fourth-order valence-electron chi connectivity index (χ4n) is 2.81. The van der Waals surface area contributed by atoms with Gasteiger partial charge >= 0.3 is 0 Å². The maximum Gasteiger partial charge on any atom is 0.181 e. The van der Waals surface area contributed by atoms with Crippen LogP contribution in [0.1, 0.15) is 37.7 Å². The van der Waals surface area contributed by atoms with Gasteiger partial charge in [-0.25, -0.2) is 4.98 Å². The first-order valence-corrected chi connectivity index (χ1v) is 8.00. The topological polar surface area (TPSA) is 42.1 Å². The Kier molecular flexibility index (Phi) is 3.99. The zero-order valence-corrected chi connectivity index (χ0v) is 12.1.